The van der Waals surface area contributed by atoms with Crippen LogP contribution in [0.15, 0.2) is 0 Å². The minimum Gasteiger partial charge on any atom is -0.463 e. The molecule has 3 rings (SSSR count). The lowest BCUT2D eigenvalue weighted by Crippen LogP contribution is -2.66. The van der Waals surface area contributed by atoms with Gasteiger partial charge in [-0.1, -0.05) is 55.4 Å². The van der Waals surface area contributed by atoms with Gasteiger partial charge >= 0.3 is 11.9 Å². The number of likely N-dealkylation sites (N-methyl/N-ethyl adjacent to an activating group) is 1. The molecule has 3 aliphatic heterocycles. The third-order valence-corrected chi connectivity index (χ3v) is 13.2. The van der Waals surface area contributed by atoms with Crippen molar-refractivity contribution in [1.82, 2.24) is 4.90 Å². The fraction of sp³-hybridized carbons (Fsp3) is 0.953. The standard InChI is InChI=1S/C43H79NO13/c1-21(2)16-30-17-22(3)25(6)35(48)37(50)36(49)31(46)19-24(5)52-32(47)18-23(4)38(51-15)40(30)57-42-41(55-29(10)45)34(44(13)14)39(28(9)54-42)56-33-20-43(11,12)26(7)27(8)53-33/h21-28,30-31,33-42,46,48-50H,16-20H2,1-15H3/t22-,23-,24-,25-,26?,27+,28-,30+,31?,33+,34?,35?,36?,37?,38+,39?,40+,41?,42+/m1/s1. The number of hydrogen-bond donors (Lipinski definition) is 4. The van der Waals surface area contributed by atoms with Crippen molar-refractivity contribution in [1.29, 1.82) is 0 Å². The summed E-state index contributed by atoms with van der Waals surface area (Å²) in [5, 5.41) is 43.9. The Morgan fingerprint density at radius 2 is 1.47 bits per heavy atom. The number of aliphatic hydroxyl groups is 4. The lowest BCUT2D eigenvalue weighted by Gasteiger charge is -2.51. The Morgan fingerprint density at radius 3 is 2.02 bits per heavy atom. The largest absolute Gasteiger partial charge is 0.463 e. The van der Waals surface area contributed by atoms with E-state index in [1.807, 2.05) is 46.7 Å². The molecule has 0 aromatic carbocycles. The molecule has 0 aliphatic carbocycles. The Kier molecular flexibility index (Phi) is 18.7. The van der Waals surface area contributed by atoms with Crippen LogP contribution in [-0.4, -0.2) is 144 Å². The van der Waals surface area contributed by atoms with Gasteiger partial charge in [0.05, 0.1) is 49.1 Å². The number of rotatable bonds is 9. The molecular weight excluding hydrogens is 738 g/mol. The van der Waals surface area contributed by atoms with Crippen molar-refractivity contribution < 1.29 is 63.2 Å². The maximum atomic E-state index is 13.4. The van der Waals surface area contributed by atoms with Crippen LogP contribution in [0.5, 0.6) is 0 Å². The van der Waals surface area contributed by atoms with E-state index < -0.39 is 103 Å². The number of carbonyl (C=O) groups is 2. The van der Waals surface area contributed by atoms with Crippen molar-refractivity contribution in [3.8, 4) is 0 Å². The molecule has 8 unspecified atom stereocenters. The Hall–Kier alpha value is -1.46. The van der Waals surface area contributed by atoms with E-state index >= 15 is 0 Å². The average molecular weight is 818 g/mol. The first-order valence-electron chi connectivity index (χ1n) is 21.3. The minimum atomic E-state index is -1.66. The quantitative estimate of drug-likeness (QED) is 0.242. The van der Waals surface area contributed by atoms with Crippen LogP contribution < -0.4 is 0 Å². The van der Waals surface area contributed by atoms with Crippen molar-refractivity contribution in [2.75, 3.05) is 21.2 Å². The van der Waals surface area contributed by atoms with E-state index in [2.05, 4.69) is 41.5 Å². The summed E-state index contributed by atoms with van der Waals surface area (Å²) in [5.41, 5.74) is -0.0363. The number of nitrogens with zero attached hydrogens (tertiary/aromatic N) is 1. The monoisotopic (exact) mass is 818 g/mol. The number of carbonyl (C=O) groups excluding carboxylic acids is 2. The number of hydrogen-bond acceptors (Lipinski definition) is 14. The zero-order valence-electron chi connectivity index (χ0n) is 37.5. The molecule has 0 aromatic rings. The molecule has 57 heavy (non-hydrogen) atoms. The Morgan fingerprint density at radius 1 is 0.842 bits per heavy atom. The van der Waals surface area contributed by atoms with Crippen LogP contribution in [0.3, 0.4) is 0 Å². The van der Waals surface area contributed by atoms with E-state index in [4.69, 9.17) is 33.2 Å². The highest BCUT2D eigenvalue weighted by molar-refractivity contribution is 5.70. The highest BCUT2D eigenvalue weighted by Crippen LogP contribution is 2.43. The molecule has 0 saturated carbocycles. The number of methoxy groups -OCH3 is 1. The van der Waals surface area contributed by atoms with Gasteiger partial charge in [-0.2, -0.15) is 0 Å². The van der Waals surface area contributed by atoms with Crippen LogP contribution >= 0.6 is 0 Å². The summed E-state index contributed by atoms with van der Waals surface area (Å²) < 4.78 is 45.0. The van der Waals surface area contributed by atoms with Gasteiger partial charge in [0.15, 0.2) is 18.7 Å². The molecule has 14 nitrogen and oxygen atoms in total. The third kappa shape index (κ3) is 13.0. The molecule has 0 aromatic heterocycles. The van der Waals surface area contributed by atoms with Crippen LogP contribution in [0, 0.1) is 40.9 Å². The minimum absolute atomic E-state index is 0.0298. The fourth-order valence-electron chi connectivity index (χ4n) is 9.33. The maximum Gasteiger partial charge on any atom is 0.306 e. The van der Waals surface area contributed by atoms with Crippen LogP contribution in [-0.2, 0) is 42.7 Å². The summed E-state index contributed by atoms with van der Waals surface area (Å²) in [4.78, 5) is 28.2. The van der Waals surface area contributed by atoms with Crippen molar-refractivity contribution in [2.45, 2.75) is 201 Å². The molecule has 0 amide bonds. The SMILES string of the molecule is CO[C@@H]1[C@@H](O[C@@H]2O[C@H](C)C(O[C@H]3CC(C)(C)C(C)[C@H](C)O3)C(N(C)C)C2OC(C)=O)[C@@H](CC(C)C)C[C@@H](C)[C@@H](C)C(O)C(O)C(O)C(O)C[C@@H](C)OC(=O)C[C@H]1C. The summed E-state index contributed by atoms with van der Waals surface area (Å²) >= 11 is 0. The molecule has 334 valence electrons. The molecule has 4 N–H and O–H groups in total. The molecule has 0 radical (unpaired) electrons. The molecule has 3 fully saturated rings. The van der Waals surface area contributed by atoms with Crippen LogP contribution in [0.2, 0.25) is 0 Å². The van der Waals surface area contributed by atoms with Gasteiger partial charge in [-0.05, 0) is 88.6 Å². The molecule has 3 heterocycles. The number of ether oxygens (including phenoxy) is 7. The third-order valence-electron chi connectivity index (χ3n) is 13.2. The Bertz CT molecular complexity index is 1250. The first-order valence-corrected chi connectivity index (χ1v) is 21.3. The van der Waals surface area contributed by atoms with E-state index in [0.29, 0.717) is 25.2 Å². The smallest absolute Gasteiger partial charge is 0.306 e. The van der Waals surface area contributed by atoms with E-state index in [1.54, 1.807) is 14.0 Å². The molecular formula is C43H79NO13. The van der Waals surface area contributed by atoms with Gasteiger partial charge in [0.25, 0.3) is 0 Å². The Balaban J connectivity index is 2.11. The zero-order chi connectivity index (χ0) is 43.3. The fourth-order valence-corrected chi connectivity index (χ4v) is 9.33. The molecule has 0 bridgehead atoms. The lowest BCUT2D eigenvalue weighted by molar-refractivity contribution is -0.338. The van der Waals surface area contributed by atoms with E-state index in [1.165, 1.54) is 6.92 Å². The second-order valence-electron chi connectivity index (χ2n) is 19.1. The van der Waals surface area contributed by atoms with Crippen molar-refractivity contribution in [2.24, 2.45) is 40.9 Å². The second-order valence-corrected chi connectivity index (χ2v) is 19.1. The predicted molar refractivity (Wildman–Crippen MR) is 214 cm³/mol. The summed E-state index contributed by atoms with van der Waals surface area (Å²) in [6.45, 7) is 23.5. The highest BCUT2D eigenvalue weighted by Gasteiger charge is 2.53. The van der Waals surface area contributed by atoms with Crippen molar-refractivity contribution in [3.63, 3.8) is 0 Å². The first-order chi connectivity index (χ1) is 26.4. The van der Waals surface area contributed by atoms with Gasteiger partial charge in [-0.3, -0.25) is 9.59 Å². The molecule has 0 spiro atoms. The van der Waals surface area contributed by atoms with Gasteiger partial charge in [-0.15, -0.1) is 0 Å². The topological polar surface area (TPSA) is 183 Å². The van der Waals surface area contributed by atoms with Crippen molar-refractivity contribution in [3.05, 3.63) is 0 Å². The summed E-state index contributed by atoms with van der Waals surface area (Å²) in [6.07, 6.45) is -10.3. The van der Waals surface area contributed by atoms with Crippen LogP contribution in [0.25, 0.3) is 0 Å². The van der Waals surface area contributed by atoms with E-state index in [9.17, 15) is 30.0 Å². The molecule has 14 heteroatoms. The van der Waals surface area contributed by atoms with Crippen LogP contribution in [0.1, 0.15) is 115 Å². The summed E-state index contributed by atoms with van der Waals surface area (Å²) in [6, 6.07) is -0.508. The molecule has 3 aliphatic rings. The van der Waals surface area contributed by atoms with Crippen molar-refractivity contribution >= 4 is 11.9 Å². The normalized spacial score (nSPS) is 44.4. The first kappa shape index (κ1) is 49.9. The van der Waals surface area contributed by atoms with Crippen LogP contribution in [0.4, 0.5) is 0 Å². The van der Waals surface area contributed by atoms with Gasteiger partial charge in [0.1, 0.15) is 24.4 Å². The number of esters is 2. The van der Waals surface area contributed by atoms with Gasteiger partial charge < -0.3 is 58.5 Å². The summed E-state index contributed by atoms with van der Waals surface area (Å²) in [5.74, 6) is -1.93. The summed E-state index contributed by atoms with van der Waals surface area (Å²) in [7, 11) is 5.39. The van der Waals surface area contributed by atoms with Gasteiger partial charge in [0.2, 0.25) is 0 Å². The number of aliphatic hydroxyl groups excluding tert-OH is 4. The number of cyclic esters (lactones) is 1. The average Bonchev–Trinajstić information content (AvgIpc) is 3.09. The zero-order valence-corrected chi connectivity index (χ0v) is 37.5. The molecule has 3 saturated heterocycles. The van der Waals surface area contributed by atoms with Gasteiger partial charge in [-0.25, -0.2) is 0 Å². The van der Waals surface area contributed by atoms with E-state index in [0.717, 1.165) is 0 Å². The second kappa shape index (κ2) is 21.4. The molecule has 19 atom stereocenters. The highest BCUT2D eigenvalue weighted by atomic mass is 16.7. The maximum absolute atomic E-state index is 13.4. The van der Waals surface area contributed by atoms with Gasteiger partial charge in [0, 0.05) is 26.9 Å². The van der Waals surface area contributed by atoms with E-state index in [-0.39, 0.29) is 42.1 Å². The lowest BCUT2D eigenvalue weighted by atomic mass is 9.73. The Labute approximate surface area is 342 Å². The predicted octanol–water partition coefficient (Wildman–Crippen LogP) is 4.31.